The maximum Gasteiger partial charge on any atom is 0.251 e. The maximum absolute atomic E-state index is 12.4. The first-order chi connectivity index (χ1) is 11.9. The molecule has 9 heteroatoms. The molecule has 0 radical (unpaired) electrons. The second kappa shape index (κ2) is 8.41. The molecule has 0 unspecified atom stereocenters. The van der Waals surface area contributed by atoms with E-state index in [0.29, 0.717) is 31.8 Å². The van der Waals surface area contributed by atoms with Crippen LogP contribution in [0.5, 0.6) is 0 Å². The number of hydrogen-bond donors (Lipinski definition) is 2. The lowest BCUT2D eigenvalue weighted by atomic mass is 10.2. The topological polar surface area (TPSA) is 105 Å². The molecule has 2 rings (SSSR count). The van der Waals surface area contributed by atoms with Crippen molar-refractivity contribution in [2.75, 3.05) is 33.4 Å². The van der Waals surface area contributed by atoms with Crippen molar-refractivity contribution in [2.45, 2.75) is 24.3 Å². The van der Waals surface area contributed by atoms with Crippen molar-refractivity contribution in [1.29, 1.82) is 0 Å². The Morgan fingerprint density at radius 1 is 1.32 bits per heavy atom. The fraction of sp³-hybridized carbons (Fsp3) is 0.500. The van der Waals surface area contributed by atoms with Gasteiger partial charge in [0, 0.05) is 44.8 Å². The highest BCUT2D eigenvalue weighted by Crippen LogP contribution is 2.16. The van der Waals surface area contributed by atoms with E-state index in [9.17, 15) is 18.0 Å². The Morgan fingerprint density at radius 3 is 2.56 bits per heavy atom. The van der Waals surface area contributed by atoms with Crippen molar-refractivity contribution < 1.29 is 22.7 Å². The summed E-state index contributed by atoms with van der Waals surface area (Å²) in [6, 6.07) is 5.22. The van der Waals surface area contributed by atoms with Crippen LogP contribution in [0.4, 0.5) is 0 Å². The number of carbonyl (C=O) groups excluding carboxylic acids is 2. The molecule has 1 aliphatic heterocycles. The highest BCUT2D eigenvalue weighted by molar-refractivity contribution is 7.89. The number of rotatable bonds is 8. The number of sulfonamides is 1. The van der Waals surface area contributed by atoms with Crippen LogP contribution >= 0.6 is 0 Å². The minimum absolute atomic E-state index is 0.0572. The van der Waals surface area contributed by atoms with E-state index in [-0.39, 0.29) is 23.1 Å². The number of carbonyl (C=O) groups is 2. The summed E-state index contributed by atoms with van der Waals surface area (Å²) >= 11 is 0. The zero-order valence-electron chi connectivity index (χ0n) is 14.3. The second-order valence-electron chi connectivity index (χ2n) is 5.73. The molecular formula is C16H23N3O5S. The zero-order chi connectivity index (χ0) is 18.4. The van der Waals surface area contributed by atoms with Crippen LogP contribution in [0.25, 0.3) is 0 Å². The number of hydrogen-bond acceptors (Lipinski definition) is 5. The lowest BCUT2D eigenvalue weighted by Crippen LogP contribution is -2.37. The van der Waals surface area contributed by atoms with Gasteiger partial charge in [-0.05, 0) is 31.2 Å². The van der Waals surface area contributed by atoms with E-state index >= 15 is 0 Å². The van der Waals surface area contributed by atoms with Crippen LogP contribution < -0.4 is 10.0 Å². The number of nitrogens with zero attached hydrogens (tertiary/aromatic N) is 1. The molecule has 0 bridgehead atoms. The van der Waals surface area contributed by atoms with Crippen molar-refractivity contribution in [3.63, 3.8) is 0 Å². The minimum atomic E-state index is -3.74. The summed E-state index contributed by atoms with van der Waals surface area (Å²) in [4.78, 5) is 25.3. The molecule has 1 aromatic rings. The zero-order valence-corrected chi connectivity index (χ0v) is 15.1. The molecule has 138 valence electrons. The molecule has 1 aromatic carbocycles. The van der Waals surface area contributed by atoms with Gasteiger partial charge in [0.05, 0.1) is 11.5 Å². The predicted octanol–water partition coefficient (Wildman–Crippen LogP) is -0.0381. The summed E-state index contributed by atoms with van der Waals surface area (Å²) < 4.78 is 32.2. The van der Waals surface area contributed by atoms with Gasteiger partial charge in [-0.3, -0.25) is 9.59 Å². The molecule has 1 heterocycles. The molecule has 8 nitrogen and oxygen atoms in total. The van der Waals surface area contributed by atoms with E-state index in [1.54, 1.807) is 4.90 Å². The fourth-order valence-electron chi connectivity index (χ4n) is 2.60. The van der Waals surface area contributed by atoms with Crippen LogP contribution in [0.1, 0.15) is 23.7 Å². The van der Waals surface area contributed by atoms with E-state index in [1.807, 2.05) is 6.92 Å². The van der Waals surface area contributed by atoms with Gasteiger partial charge >= 0.3 is 0 Å². The standard InChI is InChI=1S/C16H23N3O5S/c1-3-19-11-13(10-15(19)20)18-25(22,23)14-6-4-12(5-7-14)16(21)17-8-9-24-2/h4-7,13,18H,3,8-11H2,1-2H3,(H,17,21)/t13-/m1/s1. The largest absolute Gasteiger partial charge is 0.383 e. The Bertz CT molecular complexity index is 718. The summed E-state index contributed by atoms with van der Waals surface area (Å²) in [5, 5.41) is 2.66. The Kier molecular flexibility index (Phi) is 6.51. The quantitative estimate of drug-likeness (QED) is 0.626. The van der Waals surface area contributed by atoms with Gasteiger partial charge in [-0.2, -0.15) is 0 Å². The summed E-state index contributed by atoms with van der Waals surface area (Å²) in [5.41, 5.74) is 0.364. The van der Waals surface area contributed by atoms with Crippen molar-refractivity contribution in [1.82, 2.24) is 14.9 Å². The monoisotopic (exact) mass is 369 g/mol. The first kappa shape index (κ1) is 19.4. The van der Waals surface area contributed by atoms with Crippen molar-refractivity contribution in [2.24, 2.45) is 0 Å². The van der Waals surface area contributed by atoms with Crippen LogP contribution in [-0.2, 0) is 19.6 Å². The average Bonchev–Trinajstić information content (AvgIpc) is 2.93. The van der Waals surface area contributed by atoms with Gasteiger partial charge < -0.3 is 15.0 Å². The van der Waals surface area contributed by atoms with E-state index in [1.165, 1.54) is 31.4 Å². The summed E-state index contributed by atoms with van der Waals surface area (Å²) in [7, 11) is -2.20. The molecule has 1 saturated heterocycles. The van der Waals surface area contributed by atoms with Crippen LogP contribution in [0, 0.1) is 0 Å². The predicted molar refractivity (Wildman–Crippen MR) is 91.6 cm³/mol. The molecule has 0 spiro atoms. The molecule has 25 heavy (non-hydrogen) atoms. The van der Waals surface area contributed by atoms with Gasteiger partial charge in [0.15, 0.2) is 0 Å². The fourth-order valence-corrected chi connectivity index (χ4v) is 3.83. The maximum atomic E-state index is 12.4. The molecule has 0 aliphatic carbocycles. The van der Waals surface area contributed by atoms with Crippen molar-refractivity contribution in [3.8, 4) is 0 Å². The molecule has 1 aliphatic rings. The van der Waals surface area contributed by atoms with E-state index in [0.717, 1.165) is 0 Å². The number of nitrogens with one attached hydrogen (secondary N) is 2. The smallest absolute Gasteiger partial charge is 0.251 e. The van der Waals surface area contributed by atoms with Crippen LogP contribution in [0.3, 0.4) is 0 Å². The van der Waals surface area contributed by atoms with Gasteiger partial charge in [0.25, 0.3) is 5.91 Å². The average molecular weight is 369 g/mol. The Hall–Kier alpha value is -1.97. The van der Waals surface area contributed by atoms with E-state index in [2.05, 4.69) is 10.0 Å². The summed E-state index contributed by atoms with van der Waals surface area (Å²) in [5.74, 6) is -0.354. The number of amides is 2. The third kappa shape index (κ3) is 5.00. The Labute approximate surface area is 147 Å². The van der Waals surface area contributed by atoms with Crippen molar-refractivity contribution in [3.05, 3.63) is 29.8 Å². The van der Waals surface area contributed by atoms with Gasteiger partial charge in [0.2, 0.25) is 15.9 Å². The van der Waals surface area contributed by atoms with Gasteiger partial charge in [0.1, 0.15) is 0 Å². The first-order valence-electron chi connectivity index (χ1n) is 8.04. The summed E-state index contributed by atoms with van der Waals surface area (Å²) in [6.07, 6.45) is 0.160. The third-order valence-corrected chi connectivity index (χ3v) is 5.47. The molecule has 2 amide bonds. The van der Waals surface area contributed by atoms with E-state index < -0.39 is 16.1 Å². The van der Waals surface area contributed by atoms with Gasteiger partial charge in [-0.1, -0.05) is 0 Å². The second-order valence-corrected chi connectivity index (χ2v) is 7.44. The highest BCUT2D eigenvalue weighted by Gasteiger charge is 2.31. The lowest BCUT2D eigenvalue weighted by molar-refractivity contribution is -0.127. The number of likely N-dealkylation sites (N-methyl/N-ethyl adjacent to an activating group) is 1. The molecule has 1 fully saturated rings. The number of likely N-dealkylation sites (tertiary alicyclic amines) is 1. The number of ether oxygens (including phenoxy) is 1. The number of benzene rings is 1. The van der Waals surface area contributed by atoms with E-state index in [4.69, 9.17) is 4.74 Å². The molecule has 2 N–H and O–H groups in total. The molecule has 0 aromatic heterocycles. The Morgan fingerprint density at radius 2 is 2.00 bits per heavy atom. The molecule has 1 atom stereocenters. The van der Waals surface area contributed by atoms with Crippen molar-refractivity contribution >= 4 is 21.8 Å². The van der Waals surface area contributed by atoms with Gasteiger partial charge in [-0.15, -0.1) is 0 Å². The lowest BCUT2D eigenvalue weighted by Gasteiger charge is -2.15. The SMILES string of the molecule is CCN1C[C@H](NS(=O)(=O)c2ccc(C(=O)NCCOC)cc2)CC1=O. The highest BCUT2D eigenvalue weighted by atomic mass is 32.2. The van der Waals surface area contributed by atoms with Crippen LogP contribution in [-0.4, -0.2) is 64.5 Å². The van der Waals surface area contributed by atoms with Crippen LogP contribution in [0.2, 0.25) is 0 Å². The third-order valence-electron chi connectivity index (χ3n) is 3.94. The Balaban J connectivity index is 2.00. The minimum Gasteiger partial charge on any atom is -0.383 e. The van der Waals surface area contributed by atoms with Gasteiger partial charge in [-0.25, -0.2) is 13.1 Å². The van der Waals surface area contributed by atoms with Crippen LogP contribution in [0.15, 0.2) is 29.2 Å². The normalized spacial score (nSPS) is 17.8. The first-order valence-corrected chi connectivity index (χ1v) is 9.53. The molecule has 0 saturated carbocycles. The number of methoxy groups -OCH3 is 1. The molecular weight excluding hydrogens is 346 g/mol. The summed E-state index contributed by atoms with van der Waals surface area (Å²) in [6.45, 7) is 3.56.